The zero-order chi connectivity index (χ0) is 22.1. The molecular formula is C22H14F3N7. The van der Waals surface area contributed by atoms with Crippen LogP contribution in [0.15, 0.2) is 73.3 Å². The number of imidazole rings is 1. The minimum atomic E-state index is -4.52. The number of hydrogen-bond acceptors (Lipinski definition) is 6. The van der Waals surface area contributed by atoms with E-state index in [9.17, 15) is 13.2 Å². The standard InChI is InChI=1S/C22H14F3N7/c23-22(24,25)19-9-17-18(12-27-19)32-20(31-17)13-4-3-5-15(8-13)30-21-28-10-14(11-29-21)16-6-1-2-7-26-16/h1-12H,(H,31,32)(H,28,29,30). The number of hydrogen-bond donors (Lipinski definition) is 2. The van der Waals surface area contributed by atoms with Crippen LogP contribution in [0.25, 0.3) is 33.7 Å². The van der Waals surface area contributed by atoms with Crippen molar-refractivity contribution in [2.24, 2.45) is 0 Å². The van der Waals surface area contributed by atoms with E-state index < -0.39 is 11.9 Å². The Morgan fingerprint density at radius 3 is 2.41 bits per heavy atom. The van der Waals surface area contributed by atoms with Crippen molar-refractivity contribution in [2.45, 2.75) is 6.18 Å². The van der Waals surface area contributed by atoms with E-state index in [1.807, 2.05) is 24.3 Å². The number of fused-ring (bicyclic) bond motifs is 1. The Balaban J connectivity index is 1.39. The summed E-state index contributed by atoms with van der Waals surface area (Å²) in [4.78, 5) is 23.6. The van der Waals surface area contributed by atoms with E-state index in [2.05, 4.69) is 35.2 Å². The number of rotatable bonds is 4. The first-order chi connectivity index (χ1) is 15.5. The Labute approximate surface area is 179 Å². The summed E-state index contributed by atoms with van der Waals surface area (Å²) < 4.78 is 38.7. The van der Waals surface area contributed by atoms with E-state index in [0.717, 1.165) is 23.5 Å². The van der Waals surface area contributed by atoms with Crippen LogP contribution < -0.4 is 5.32 Å². The molecule has 4 aromatic heterocycles. The van der Waals surface area contributed by atoms with Crippen LogP contribution in [0.5, 0.6) is 0 Å². The minimum Gasteiger partial charge on any atom is -0.338 e. The molecule has 1 aromatic carbocycles. The quantitative estimate of drug-likeness (QED) is 0.403. The van der Waals surface area contributed by atoms with E-state index in [0.29, 0.717) is 28.5 Å². The minimum absolute atomic E-state index is 0.258. The van der Waals surface area contributed by atoms with Gasteiger partial charge in [-0.3, -0.25) is 4.98 Å². The molecule has 4 heterocycles. The lowest BCUT2D eigenvalue weighted by Crippen LogP contribution is -2.07. The number of nitrogens with one attached hydrogen (secondary N) is 2. The molecule has 0 spiro atoms. The molecule has 2 N–H and O–H groups in total. The molecule has 0 aliphatic carbocycles. The van der Waals surface area contributed by atoms with Gasteiger partial charge in [0.15, 0.2) is 0 Å². The van der Waals surface area contributed by atoms with Gasteiger partial charge in [0, 0.05) is 35.4 Å². The van der Waals surface area contributed by atoms with E-state index in [1.165, 1.54) is 0 Å². The maximum absolute atomic E-state index is 12.9. The number of anilines is 2. The van der Waals surface area contributed by atoms with E-state index in [-0.39, 0.29) is 5.52 Å². The summed E-state index contributed by atoms with van der Waals surface area (Å²) in [5, 5.41) is 3.11. The topological polar surface area (TPSA) is 92.3 Å². The zero-order valence-corrected chi connectivity index (χ0v) is 16.3. The SMILES string of the molecule is FC(F)(F)c1cc2[nH]c(-c3cccc(Nc4ncc(-c5ccccn5)cn4)c3)nc2cn1. The predicted octanol–water partition coefficient (Wildman–Crippen LogP) is 5.24. The molecule has 0 amide bonds. The van der Waals surface area contributed by atoms with Crippen LogP contribution in [-0.2, 0) is 6.18 Å². The summed E-state index contributed by atoms with van der Waals surface area (Å²) in [6.07, 6.45) is 1.63. The summed E-state index contributed by atoms with van der Waals surface area (Å²) in [6.45, 7) is 0. The average molecular weight is 433 g/mol. The highest BCUT2D eigenvalue weighted by molar-refractivity contribution is 5.79. The van der Waals surface area contributed by atoms with Gasteiger partial charge in [-0.1, -0.05) is 18.2 Å². The van der Waals surface area contributed by atoms with Gasteiger partial charge in [0.1, 0.15) is 17.0 Å². The van der Waals surface area contributed by atoms with E-state index >= 15 is 0 Å². The largest absolute Gasteiger partial charge is 0.433 e. The van der Waals surface area contributed by atoms with Crippen molar-refractivity contribution in [3.05, 3.63) is 79.0 Å². The second-order valence-electron chi connectivity index (χ2n) is 6.89. The Morgan fingerprint density at radius 1 is 0.812 bits per heavy atom. The van der Waals surface area contributed by atoms with Crippen molar-refractivity contribution >= 4 is 22.7 Å². The molecule has 5 rings (SSSR count). The van der Waals surface area contributed by atoms with Crippen molar-refractivity contribution in [1.82, 2.24) is 29.9 Å². The number of aromatic amines is 1. The molecule has 0 radical (unpaired) electrons. The van der Waals surface area contributed by atoms with Gasteiger partial charge in [0.25, 0.3) is 0 Å². The Kier molecular flexibility index (Phi) is 4.74. The van der Waals surface area contributed by atoms with Gasteiger partial charge in [-0.25, -0.2) is 19.9 Å². The fourth-order valence-corrected chi connectivity index (χ4v) is 3.14. The van der Waals surface area contributed by atoms with Gasteiger partial charge in [-0.05, 0) is 30.3 Å². The highest BCUT2D eigenvalue weighted by atomic mass is 19.4. The second-order valence-corrected chi connectivity index (χ2v) is 6.89. The number of benzene rings is 1. The molecule has 0 bridgehead atoms. The molecule has 32 heavy (non-hydrogen) atoms. The predicted molar refractivity (Wildman–Crippen MR) is 113 cm³/mol. The van der Waals surface area contributed by atoms with Crippen LogP contribution in [-0.4, -0.2) is 29.9 Å². The van der Waals surface area contributed by atoms with Crippen molar-refractivity contribution in [1.29, 1.82) is 0 Å². The van der Waals surface area contributed by atoms with Crippen molar-refractivity contribution < 1.29 is 13.2 Å². The fourth-order valence-electron chi connectivity index (χ4n) is 3.14. The smallest absolute Gasteiger partial charge is 0.338 e. The third kappa shape index (κ3) is 3.97. The molecule has 10 heteroatoms. The molecule has 0 aliphatic heterocycles. The molecule has 0 atom stereocenters. The van der Waals surface area contributed by atoms with Crippen LogP contribution in [0.4, 0.5) is 24.8 Å². The third-order valence-corrected chi connectivity index (χ3v) is 4.66. The summed E-state index contributed by atoms with van der Waals surface area (Å²) >= 11 is 0. The normalized spacial score (nSPS) is 11.6. The molecular weight excluding hydrogens is 419 g/mol. The Morgan fingerprint density at radius 2 is 1.66 bits per heavy atom. The highest BCUT2D eigenvalue weighted by Gasteiger charge is 2.32. The van der Waals surface area contributed by atoms with E-state index in [4.69, 9.17) is 0 Å². The lowest BCUT2D eigenvalue weighted by molar-refractivity contribution is -0.141. The molecule has 0 fully saturated rings. The first-order valence-corrected chi connectivity index (χ1v) is 9.49. The molecule has 0 unspecified atom stereocenters. The number of halogens is 3. The molecule has 0 saturated carbocycles. The Bertz CT molecular complexity index is 1380. The van der Waals surface area contributed by atoms with Crippen molar-refractivity contribution in [2.75, 3.05) is 5.32 Å². The lowest BCUT2D eigenvalue weighted by Gasteiger charge is -2.07. The molecule has 158 valence electrons. The first-order valence-electron chi connectivity index (χ1n) is 9.49. The zero-order valence-electron chi connectivity index (χ0n) is 16.3. The third-order valence-electron chi connectivity index (χ3n) is 4.66. The highest BCUT2D eigenvalue weighted by Crippen LogP contribution is 2.30. The molecule has 0 saturated heterocycles. The van der Waals surface area contributed by atoms with Gasteiger partial charge in [-0.15, -0.1) is 0 Å². The van der Waals surface area contributed by atoms with Crippen LogP contribution in [0.2, 0.25) is 0 Å². The summed E-state index contributed by atoms with van der Waals surface area (Å²) in [5.41, 5.74) is 2.58. The van der Waals surface area contributed by atoms with Gasteiger partial charge in [0.05, 0.1) is 17.4 Å². The van der Waals surface area contributed by atoms with E-state index in [1.54, 1.807) is 36.8 Å². The molecule has 5 aromatic rings. The summed E-state index contributed by atoms with van der Waals surface area (Å²) in [7, 11) is 0. The Hall–Kier alpha value is -4.34. The monoisotopic (exact) mass is 433 g/mol. The molecule has 7 nitrogen and oxygen atoms in total. The summed E-state index contributed by atoms with van der Waals surface area (Å²) in [5.74, 6) is 0.821. The number of nitrogens with zero attached hydrogens (tertiary/aromatic N) is 5. The maximum Gasteiger partial charge on any atom is 0.433 e. The van der Waals surface area contributed by atoms with Crippen molar-refractivity contribution in [3.8, 4) is 22.6 Å². The number of alkyl halides is 3. The van der Waals surface area contributed by atoms with Crippen LogP contribution in [0.3, 0.4) is 0 Å². The second kappa shape index (κ2) is 7.73. The average Bonchev–Trinajstić information content (AvgIpc) is 3.23. The number of aromatic nitrogens is 6. The van der Waals surface area contributed by atoms with Gasteiger partial charge < -0.3 is 10.3 Å². The van der Waals surface area contributed by atoms with Crippen molar-refractivity contribution in [3.63, 3.8) is 0 Å². The van der Waals surface area contributed by atoms with Crippen LogP contribution >= 0.6 is 0 Å². The van der Waals surface area contributed by atoms with Gasteiger partial charge in [0.2, 0.25) is 5.95 Å². The van der Waals surface area contributed by atoms with Crippen LogP contribution in [0.1, 0.15) is 5.69 Å². The molecule has 0 aliphatic rings. The van der Waals surface area contributed by atoms with Crippen LogP contribution in [0, 0.1) is 0 Å². The fraction of sp³-hybridized carbons (Fsp3) is 0.0455. The van der Waals surface area contributed by atoms with Gasteiger partial charge >= 0.3 is 6.18 Å². The maximum atomic E-state index is 12.9. The lowest BCUT2D eigenvalue weighted by atomic mass is 10.2. The summed E-state index contributed by atoms with van der Waals surface area (Å²) in [6, 6.07) is 13.8. The first kappa shape index (κ1) is 19.6. The number of pyridine rings is 2. The number of H-pyrrole nitrogens is 1. The van der Waals surface area contributed by atoms with Gasteiger partial charge in [-0.2, -0.15) is 13.2 Å².